The molecule has 2 heteroatoms. The van der Waals surface area contributed by atoms with Crippen LogP contribution in [0.4, 0.5) is 0 Å². The van der Waals surface area contributed by atoms with Crippen LogP contribution in [-0.4, -0.2) is 14.2 Å². The van der Waals surface area contributed by atoms with Crippen molar-refractivity contribution in [1.82, 2.24) is 0 Å². The molecule has 0 saturated heterocycles. The molecule has 0 saturated carbocycles. The van der Waals surface area contributed by atoms with E-state index in [9.17, 15) is 0 Å². The van der Waals surface area contributed by atoms with Gasteiger partial charge in [0, 0.05) is 11.5 Å². The van der Waals surface area contributed by atoms with Gasteiger partial charge in [0.2, 0.25) is 0 Å². The van der Waals surface area contributed by atoms with Crippen LogP contribution >= 0.6 is 0 Å². The average Bonchev–Trinajstić information content (AvgIpc) is 2.63. The van der Waals surface area contributed by atoms with Gasteiger partial charge in [-0.15, -0.1) is 0 Å². The Kier molecular flexibility index (Phi) is 4.62. The quantitative estimate of drug-likeness (QED) is 0.625. The molecule has 3 aromatic rings. The maximum atomic E-state index is 5.61. The summed E-state index contributed by atoms with van der Waals surface area (Å²) in [5.74, 6) is 1.80. The molecule has 0 unspecified atom stereocenters. The summed E-state index contributed by atoms with van der Waals surface area (Å²) in [5.41, 5.74) is 3.56. The first-order valence-corrected chi connectivity index (χ1v) is 7.65. The molecular weight excluding hydrogens is 284 g/mol. The van der Waals surface area contributed by atoms with Gasteiger partial charge in [-0.2, -0.15) is 0 Å². The first kappa shape index (κ1) is 15.2. The van der Waals surface area contributed by atoms with E-state index < -0.39 is 0 Å². The Hall–Kier alpha value is -2.74. The van der Waals surface area contributed by atoms with Crippen LogP contribution < -0.4 is 9.47 Å². The van der Waals surface area contributed by atoms with Crippen LogP contribution in [0.15, 0.2) is 78.9 Å². The fourth-order valence-corrected chi connectivity index (χ4v) is 2.91. The van der Waals surface area contributed by atoms with E-state index in [2.05, 4.69) is 54.6 Å². The molecule has 0 spiro atoms. The van der Waals surface area contributed by atoms with Crippen LogP contribution in [-0.2, 0) is 0 Å². The highest BCUT2D eigenvalue weighted by Crippen LogP contribution is 2.38. The monoisotopic (exact) mass is 304 g/mol. The topological polar surface area (TPSA) is 18.5 Å². The second-order valence-corrected chi connectivity index (χ2v) is 5.36. The van der Waals surface area contributed by atoms with Crippen molar-refractivity contribution in [2.45, 2.75) is 5.92 Å². The Morgan fingerprint density at radius 3 is 1.70 bits per heavy atom. The van der Waals surface area contributed by atoms with Gasteiger partial charge in [-0.3, -0.25) is 0 Å². The molecule has 0 aliphatic carbocycles. The lowest BCUT2D eigenvalue weighted by atomic mass is 9.84. The molecule has 0 N–H and O–H groups in total. The molecule has 0 atom stereocenters. The van der Waals surface area contributed by atoms with Crippen LogP contribution in [0.25, 0.3) is 0 Å². The van der Waals surface area contributed by atoms with Gasteiger partial charge in [0.05, 0.1) is 14.2 Å². The minimum atomic E-state index is 0.0995. The summed E-state index contributed by atoms with van der Waals surface area (Å²) in [5, 5.41) is 0. The molecule has 0 heterocycles. The number of benzene rings is 3. The fourth-order valence-electron chi connectivity index (χ4n) is 2.91. The minimum absolute atomic E-state index is 0.0995. The fraction of sp³-hybridized carbons (Fsp3) is 0.143. The lowest BCUT2D eigenvalue weighted by Gasteiger charge is -2.22. The molecule has 0 aliphatic rings. The van der Waals surface area contributed by atoms with Crippen LogP contribution in [0.1, 0.15) is 22.6 Å². The highest BCUT2D eigenvalue weighted by atomic mass is 16.5. The Morgan fingerprint density at radius 1 is 0.652 bits per heavy atom. The maximum Gasteiger partial charge on any atom is 0.123 e. The summed E-state index contributed by atoms with van der Waals surface area (Å²) in [7, 11) is 3.39. The van der Waals surface area contributed by atoms with Gasteiger partial charge in [-0.1, -0.05) is 60.7 Å². The van der Waals surface area contributed by atoms with E-state index in [1.807, 2.05) is 24.3 Å². The normalized spacial score (nSPS) is 10.6. The predicted molar refractivity (Wildman–Crippen MR) is 93.4 cm³/mol. The summed E-state index contributed by atoms with van der Waals surface area (Å²) in [6.45, 7) is 0. The largest absolute Gasteiger partial charge is 0.497 e. The maximum absolute atomic E-state index is 5.61. The second kappa shape index (κ2) is 7.01. The van der Waals surface area contributed by atoms with E-state index in [1.54, 1.807) is 14.2 Å². The standard InChI is InChI=1S/C21H20O2/c1-22-18-13-14-20(23-2)19(15-18)21(16-9-5-3-6-10-16)17-11-7-4-8-12-17/h3-15,21H,1-2H3. The van der Waals surface area contributed by atoms with Gasteiger partial charge >= 0.3 is 0 Å². The third-order valence-electron chi connectivity index (χ3n) is 4.01. The predicted octanol–water partition coefficient (Wildman–Crippen LogP) is 4.88. The van der Waals surface area contributed by atoms with Crippen molar-refractivity contribution in [3.05, 3.63) is 95.6 Å². The second-order valence-electron chi connectivity index (χ2n) is 5.36. The molecule has 23 heavy (non-hydrogen) atoms. The highest BCUT2D eigenvalue weighted by molar-refractivity contribution is 5.51. The van der Waals surface area contributed by atoms with E-state index >= 15 is 0 Å². The third-order valence-corrected chi connectivity index (χ3v) is 4.01. The summed E-state index contributed by atoms with van der Waals surface area (Å²) < 4.78 is 11.0. The number of hydrogen-bond acceptors (Lipinski definition) is 2. The summed E-state index contributed by atoms with van der Waals surface area (Å²) in [4.78, 5) is 0. The molecule has 3 rings (SSSR count). The molecular formula is C21H20O2. The summed E-state index contributed by atoms with van der Waals surface area (Å²) in [6.07, 6.45) is 0. The molecule has 0 aromatic heterocycles. The van der Waals surface area contributed by atoms with Gasteiger partial charge < -0.3 is 9.47 Å². The van der Waals surface area contributed by atoms with Crippen molar-refractivity contribution < 1.29 is 9.47 Å². The zero-order chi connectivity index (χ0) is 16.1. The molecule has 0 bridgehead atoms. The number of rotatable bonds is 5. The Balaban J connectivity index is 2.20. The van der Waals surface area contributed by atoms with Crippen LogP contribution in [0.5, 0.6) is 11.5 Å². The molecule has 3 aromatic carbocycles. The van der Waals surface area contributed by atoms with Crippen molar-refractivity contribution in [3.8, 4) is 11.5 Å². The first-order chi connectivity index (χ1) is 11.3. The Morgan fingerprint density at radius 2 is 1.22 bits per heavy atom. The van der Waals surface area contributed by atoms with E-state index in [-0.39, 0.29) is 5.92 Å². The van der Waals surface area contributed by atoms with Gasteiger partial charge in [0.25, 0.3) is 0 Å². The number of ether oxygens (including phenoxy) is 2. The molecule has 0 fully saturated rings. The zero-order valence-electron chi connectivity index (χ0n) is 13.4. The molecule has 0 aliphatic heterocycles. The average molecular weight is 304 g/mol. The van der Waals surface area contributed by atoms with Gasteiger partial charge in [-0.05, 0) is 29.3 Å². The SMILES string of the molecule is COc1ccc(OC)c(C(c2ccccc2)c2ccccc2)c1. The zero-order valence-corrected chi connectivity index (χ0v) is 13.4. The van der Waals surface area contributed by atoms with Crippen molar-refractivity contribution >= 4 is 0 Å². The Labute approximate surface area is 137 Å². The van der Waals surface area contributed by atoms with E-state index in [4.69, 9.17) is 9.47 Å². The van der Waals surface area contributed by atoms with E-state index in [1.165, 1.54) is 11.1 Å². The van der Waals surface area contributed by atoms with Gasteiger partial charge in [-0.25, -0.2) is 0 Å². The first-order valence-electron chi connectivity index (χ1n) is 7.65. The van der Waals surface area contributed by atoms with E-state index in [0.717, 1.165) is 17.1 Å². The number of hydrogen-bond donors (Lipinski definition) is 0. The van der Waals surface area contributed by atoms with Crippen LogP contribution in [0.2, 0.25) is 0 Å². The van der Waals surface area contributed by atoms with E-state index in [0.29, 0.717) is 0 Å². The third kappa shape index (κ3) is 3.21. The molecule has 116 valence electrons. The van der Waals surface area contributed by atoms with Crippen LogP contribution in [0.3, 0.4) is 0 Å². The molecule has 0 radical (unpaired) electrons. The van der Waals surface area contributed by atoms with Gasteiger partial charge in [0.1, 0.15) is 11.5 Å². The molecule has 2 nitrogen and oxygen atoms in total. The van der Waals surface area contributed by atoms with Gasteiger partial charge in [0.15, 0.2) is 0 Å². The van der Waals surface area contributed by atoms with Crippen molar-refractivity contribution in [2.75, 3.05) is 14.2 Å². The van der Waals surface area contributed by atoms with Crippen LogP contribution in [0, 0.1) is 0 Å². The smallest absolute Gasteiger partial charge is 0.123 e. The Bertz CT molecular complexity index is 712. The summed E-state index contributed by atoms with van der Waals surface area (Å²) >= 11 is 0. The minimum Gasteiger partial charge on any atom is -0.497 e. The van der Waals surface area contributed by atoms with Crippen molar-refractivity contribution in [3.63, 3.8) is 0 Å². The van der Waals surface area contributed by atoms with Crippen molar-refractivity contribution in [1.29, 1.82) is 0 Å². The van der Waals surface area contributed by atoms with Crippen molar-refractivity contribution in [2.24, 2.45) is 0 Å². The highest BCUT2D eigenvalue weighted by Gasteiger charge is 2.21. The molecule has 0 amide bonds. The summed E-state index contributed by atoms with van der Waals surface area (Å²) in [6, 6.07) is 26.9. The lowest BCUT2D eigenvalue weighted by Crippen LogP contribution is -2.05. The number of methoxy groups -OCH3 is 2. The lowest BCUT2D eigenvalue weighted by molar-refractivity contribution is 0.398.